The summed E-state index contributed by atoms with van der Waals surface area (Å²) < 4.78 is 0. The molecular weight excluding hydrogens is 274 g/mol. The van der Waals surface area contributed by atoms with Gasteiger partial charge in [0.2, 0.25) is 5.91 Å². The maximum absolute atomic E-state index is 12.0. The van der Waals surface area contributed by atoms with Crippen LogP contribution in [0.3, 0.4) is 0 Å². The highest BCUT2D eigenvalue weighted by Gasteiger charge is 2.22. The third-order valence-corrected chi connectivity index (χ3v) is 3.61. The van der Waals surface area contributed by atoms with Crippen LogP contribution in [0.25, 0.3) is 0 Å². The minimum atomic E-state index is 0. The molecule has 1 fully saturated rings. The second kappa shape index (κ2) is 7.62. The van der Waals surface area contributed by atoms with Crippen LogP contribution in [-0.2, 0) is 4.79 Å². The van der Waals surface area contributed by atoms with Crippen molar-refractivity contribution in [3.8, 4) is 0 Å². The summed E-state index contributed by atoms with van der Waals surface area (Å²) in [5.41, 5.74) is 2.13. The molecule has 4 nitrogen and oxygen atoms in total. The van der Waals surface area contributed by atoms with E-state index in [1.807, 2.05) is 25.2 Å². The van der Waals surface area contributed by atoms with Crippen molar-refractivity contribution in [1.82, 2.24) is 10.2 Å². The number of amides is 1. The van der Waals surface area contributed by atoms with E-state index in [1.165, 1.54) is 5.56 Å². The fraction of sp³-hybridized carbons (Fsp3) is 0.533. The van der Waals surface area contributed by atoms with Gasteiger partial charge >= 0.3 is 0 Å². The van der Waals surface area contributed by atoms with Crippen molar-refractivity contribution >= 4 is 24.0 Å². The van der Waals surface area contributed by atoms with Crippen LogP contribution in [0.15, 0.2) is 24.3 Å². The first kappa shape index (κ1) is 17.0. The van der Waals surface area contributed by atoms with Crippen LogP contribution >= 0.6 is 12.4 Å². The first-order valence-electron chi connectivity index (χ1n) is 6.87. The largest absolute Gasteiger partial charge is 0.325 e. The third kappa shape index (κ3) is 4.47. The number of nitrogens with one attached hydrogen (secondary N) is 2. The highest BCUT2D eigenvalue weighted by molar-refractivity contribution is 5.92. The summed E-state index contributed by atoms with van der Waals surface area (Å²) in [6, 6.07) is 8.56. The van der Waals surface area contributed by atoms with E-state index >= 15 is 0 Å². The molecule has 112 valence electrons. The van der Waals surface area contributed by atoms with Crippen molar-refractivity contribution in [3.63, 3.8) is 0 Å². The number of carbonyl (C=O) groups is 1. The topological polar surface area (TPSA) is 44.4 Å². The lowest BCUT2D eigenvalue weighted by Crippen LogP contribution is -2.57. The quantitative estimate of drug-likeness (QED) is 0.874. The Bertz CT molecular complexity index is 446. The zero-order valence-electron chi connectivity index (χ0n) is 12.3. The number of hydrogen-bond donors (Lipinski definition) is 2. The number of likely N-dealkylation sites (N-methyl/N-ethyl adjacent to an activating group) is 1. The van der Waals surface area contributed by atoms with Crippen LogP contribution in [0.4, 0.5) is 5.69 Å². The Morgan fingerprint density at radius 1 is 1.45 bits per heavy atom. The Kier molecular flexibility index (Phi) is 6.46. The van der Waals surface area contributed by atoms with Crippen molar-refractivity contribution in [2.75, 3.05) is 32.0 Å². The van der Waals surface area contributed by atoms with Gasteiger partial charge in [-0.3, -0.25) is 9.69 Å². The number of anilines is 1. The molecule has 0 bridgehead atoms. The highest BCUT2D eigenvalue weighted by Crippen LogP contribution is 2.18. The van der Waals surface area contributed by atoms with Gasteiger partial charge in [-0.05, 0) is 30.7 Å². The molecule has 5 heteroatoms. The average molecular weight is 298 g/mol. The van der Waals surface area contributed by atoms with E-state index in [1.54, 1.807) is 0 Å². The first-order chi connectivity index (χ1) is 9.06. The van der Waals surface area contributed by atoms with Crippen LogP contribution in [0.2, 0.25) is 0 Å². The predicted octanol–water partition coefficient (Wildman–Crippen LogP) is 2.07. The van der Waals surface area contributed by atoms with Crippen molar-refractivity contribution in [1.29, 1.82) is 0 Å². The Morgan fingerprint density at radius 2 is 2.15 bits per heavy atom. The zero-order valence-corrected chi connectivity index (χ0v) is 13.2. The van der Waals surface area contributed by atoms with Gasteiger partial charge in [0.15, 0.2) is 0 Å². The molecule has 1 aromatic rings. The summed E-state index contributed by atoms with van der Waals surface area (Å²) in [5.74, 6) is 0.524. The second-order valence-electron chi connectivity index (χ2n) is 5.56. The molecule has 0 unspecified atom stereocenters. The van der Waals surface area contributed by atoms with Gasteiger partial charge in [-0.15, -0.1) is 12.4 Å². The van der Waals surface area contributed by atoms with E-state index in [-0.39, 0.29) is 18.3 Å². The summed E-state index contributed by atoms with van der Waals surface area (Å²) in [6.45, 7) is 6.70. The molecule has 0 atom stereocenters. The average Bonchev–Trinajstić information content (AvgIpc) is 2.26. The van der Waals surface area contributed by atoms with Gasteiger partial charge in [-0.1, -0.05) is 26.0 Å². The van der Waals surface area contributed by atoms with E-state index < -0.39 is 0 Å². The third-order valence-electron chi connectivity index (χ3n) is 3.61. The minimum absolute atomic E-state index is 0. The minimum Gasteiger partial charge on any atom is -0.325 e. The molecule has 0 radical (unpaired) electrons. The lowest BCUT2D eigenvalue weighted by molar-refractivity contribution is -0.117. The Hall–Kier alpha value is -1.10. The fourth-order valence-electron chi connectivity index (χ4n) is 2.12. The van der Waals surface area contributed by atoms with Crippen molar-refractivity contribution in [2.45, 2.75) is 25.8 Å². The van der Waals surface area contributed by atoms with Crippen LogP contribution in [-0.4, -0.2) is 43.5 Å². The van der Waals surface area contributed by atoms with Crippen molar-refractivity contribution < 1.29 is 4.79 Å². The number of nitrogens with zero attached hydrogens (tertiary/aromatic N) is 1. The molecule has 1 aromatic carbocycles. The molecule has 1 amide bonds. The van der Waals surface area contributed by atoms with Gasteiger partial charge in [0.25, 0.3) is 0 Å². The maximum Gasteiger partial charge on any atom is 0.238 e. The predicted molar refractivity (Wildman–Crippen MR) is 85.7 cm³/mol. The van der Waals surface area contributed by atoms with Gasteiger partial charge < -0.3 is 10.6 Å². The molecule has 2 rings (SSSR count). The molecular formula is C15H24ClN3O. The van der Waals surface area contributed by atoms with Gasteiger partial charge in [-0.2, -0.15) is 0 Å². The number of rotatable bonds is 5. The first-order valence-corrected chi connectivity index (χ1v) is 6.87. The number of carbonyl (C=O) groups excluding carboxylic acids is 1. The van der Waals surface area contributed by atoms with Gasteiger partial charge in [0.1, 0.15) is 0 Å². The van der Waals surface area contributed by atoms with E-state index in [2.05, 4.69) is 35.4 Å². The highest BCUT2D eigenvalue weighted by atomic mass is 35.5. The molecule has 1 aliphatic heterocycles. The molecule has 1 aliphatic rings. The van der Waals surface area contributed by atoms with Gasteiger partial charge in [-0.25, -0.2) is 0 Å². The molecule has 0 aromatic heterocycles. The Morgan fingerprint density at radius 3 is 2.70 bits per heavy atom. The monoisotopic (exact) mass is 297 g/mol. The summed E-state index contributed by atoms with van der Waals surface area (Å²) in [6.07, 6.45) is 0. The fourth-order valence-corrected chi connectivity index (χ4v) is 2.12. The van der Waals surface area contributed by atoms with Crippen molar-refractivity contribution in [3.05, 3.63) is 29.8 Å². The van der Waals surface area contributed by atoms with Crippen LogP contribution in [0.5, 0.6) is 0 Å². The maximum atomic E-state index is 12.0. The molecule has 1 saturated heterocycles. The lowest BCUT2D eigenvalue weighted by Gasteiger charge is -2.35. The molecule has 20 heavy (non-hydrogen) atoms. The summed E-state index contributed by atoms with van der Waals surface area (Å²) in [4.78, 5) is 14.1. The van der Waals surface area contributed by atoms with E-state index in [0.717, 1.165) is 18.8 Å². The standard InChI is InChI=1S/C15H23N3O.ClH/c1-11(2)12-5-4-6-13(7-12)17-15(19)10-18(3)14-8-16-9-14;/h4-7,11,14,16H,8-10H2,1-3H3,(H,17,19);1H. The summed E-state index contributed by atoms with van der Waals surface area (Å²) in [7, 11) is 2.00. The lowest BCUT2D eigenvalue weighted by atomic mass is 10.0. The van der Waals surface area contributed by atoms with Crippen molar-refractivity contribution in [2.24, 2.45) is 0 Å². The van der Waals surface area contributed by atoms with Gasteiger partial charge in [0.05, 0.1) is 6.54 Å². The van der Waals surface area contributed by atoms with Gasteiger partial charge in [0, 0.05) is 24.8 Å². The Labute approximate surface area is 127 Å². The van der Waals surface area contributed by atoms with E-state index in [0.29, 0.717) is 18.5 Å². The molecule has 0 aliphatic carbocycles. The number of halogens is 1. The summed E-state index contributed by atoms with van der Waals surface area (Å²) in [5, 5.41) is 6.18. The van der Waals surface area contributed by atoms with Crippen LogP contribution in [0.1, 0.15) is 25.3 Å². The number of hydrogen-bond acceptors (Lipinski definition) is 3. The summed E-state index contributed by atoms with van der Waals surface area (Å²) >= 11 is 0. The van der Waals surface area contributed by atoms with Crippen LogP contribution < -0.4 is 10.6 Å². The number of benzene rings is 1. The van der Waals surface area contributed by atoms with Crippen LogP contribution in [0, 0.1) is 0 Å². The zero-order chi connectivity index (χ0) is 13.8. The Balaban J connectivity index is 0.00000200. The molecule has 1 heterocycles. The normalized spacial score (nSPS) is 14.8. The molecule has 0 spiro atoms. The van der Waals surface area contributed by atoms with E-state index in [4.69, 9.17) is 0 Å². The smallest absolute Gasteiger partial charge is 0.238 e. The molecule has 0 saturated carbocycles. The molecule has 2 N–H and O–H groups in total. The SMILES string of the molecule is CC(C)c1cccc(NC(=O)CN(C)C2CNC2)c1.Cl. The van der Waals surface area contributed by atoms with E-state index in [9.17, 15) is 4.79 Å². The second-order valence-corrected chi connectivity index (χ2v) is 5.56.